The molecule has 0 saturated heterocycles. The molecular formula is C21H24F2O. The molecule has 0 radical (unpaired) electrons. The molecular weight excluding hydrogens is 306 g/mol. The molecule has 24 heavy (non-hydrogen) atoms. The summed E-state index contributed by atoms with van der Waals surface area (Å²) in [5.74, 6) is 1.45. The van der Waals surface area contributed by atoms with Crippen LogP contribution in [0.1, 0.15) is 62.5 Å². The predicted octanol–water partition coefficient (Wildman–Crippen LogP) is 6.26. The van der Waals surface area contributed by atoms with Gasteiger partial charge in [-0.05, 0) is 85.0 Å². The summed E-state index contributed by atoms with van der Waals surface area (Å²) < 4.78 is 27.1. The molecule has 4 atom stereocenters. The third kappa shape index (κ3) is 2.40. The lowest BCUT2D eigenvalue weighted by Crippen LogP contribution is -2.33. The minimum absolute atomic E-state index is 0.288. The number of fused-ring (bicyclic) bond motifs is 4. The van der Waals surface area contributed by atoms with Gasteiger partial charge in [0.05, 0.1) is 0 Å². The molecule has 0 aromatic heterocycles. The minimum Gasteiger partial charge on any atom is -0.508 e. The van der Waals surface area contributed by atoms with Crippen molar-refractivity contribution in [2.45, 2.75) is 51.4 Å². The van der Waals surface area contributed by atoms with Crippen molar-refractivity contribution < 1.29 is 13.9 Å². The molecule has 0 bridgehead atoms. The first-order chi connectivity index (χ1) is 11.5. The SMILES string of the molecule is C[C@]12CCC3c4ccc(O)cc4C=CC3CC1CCCC2=C(F)F. The Kier molecular flexibility index (Phi) is 3.78. The highest BCUT2D eigenvalue weighted by molar-refractivity contribution is 5.60. The fourth-order valence-corrected chi connectivity index (χ4v) is 5.45. The van der Waals surface area contributed by atoms with E-state index in [0.29, 0.717) is 29.7 Å². The van der Waals surface area contributed by atoms with Gasteiger partial charge in [0.15, 0.2) is 0 Å². The second-order valence-corrected chi connectivity index (χ2v) is 7.96. The van der Waals surface area contributed by atoms with Gasteiger partial charge in [0, 0.05) is 5.57 Å². The molecule has 1 N–H and O–H groups in total. The summed E-state index contributed by atoms with van der Waals surface area (Å²) in [6, 6.07) is 5.59. The molecule has 2 saturated carbocycles. The Morgan fingerprint density at radius 3 is 2.88 bits per heavy atom. The monoisotopic (exact) mass is 330 g/mol. The molecule has 0 amide bonds. The Hall–Kier alpha value is -1.64. The van der Waals surface area contributed by atoms with Crippen molar-refractivity contribution in [3.63, 3.8) is 0 Å². The molecule has 1 aromatic rings. The zero-order valence-corrected chi connectivity index (χ0v) is 14.1. The average molecular weight is 330 g/mol. The minimum atomic E-state index is -1.44. The first-order valence-corrected chi connectivity index (χ1v) is 9.05. The van der Waals surface area contributed by atoms with Gasteiger partial charge in [0.25, 0.3) is 6.08 Å². The lowest BCUT2D eigenvalue weighted by Gasteiger charge is -2.42. The summed E-state index contributed by atoms with van der Waals surface area (Å²) in [6.07, 6.45) is 8.20. The molecule has 4 rings (SSSR count). The quantitative estimate of drug-likeness (QED) is 0.595. The van der Waals surface area contributed by atoms with Crippen molar-refractivity contribution in [1.29, 1.82) is 0 Å². The summed E-state index contributed by atoms with van der Waals surface area (Å²) in [5.41, 5.74) is 2.43. The van der Waals surface area contributed by atoms with Gasteiger partial charge in [-0.2, -0.15) is 8.78 Å². The van der Waals surface area contributed by atoms with Gasteiger partial charge in [-0.3, -0.25) is 0 Å². The zero-order chi connectivity index (χ0) is 16.9. The molecule has 1 aromatic carbocycles. The number of allylic oxidation sites excluding steroid dienone is 2. The van der Waals surface area contributed by atoms with Crippen LogP contribution in [0.2, 0.25) is 0 Å². The normalized spacial score (nSPS) is 34.8. The van der Waals surface area contributed by atoms with Crippen LogP contribution in [0.15, 0.2) is 35.9 Å². The predicted molar refractivity (Wildman–Crippen MR) is 91.9 cm³/mol. The standard InChI is InChI=1S/C21H24F2O/c1-21-10-9-18-13(5-6-14-12-16(24)7-8-17(14)18)11-15(21)3-2-4-19(21)20(22)23/h5-8,12-13,15,18,24H,2-4,9-11H2,1H3/t13?,15?,18?,21-/m0/s1. The summed E-state index contributed by atoms with van der Waals surface area (Å²) in [6.45, 7) is 2.07. The molecule has 3 aliphatic carbocycles. The van der Waals surface area contributed by atoms with Gasteiger partial charge in [-0.25, -0.2) is 0 Å². The van der Waals surface area contributed by atoms with E-state index >= 15 is 0 Å². The highest BCUT2D eigenvalue weighted by Gasteiger charge is 2.46. The lowest BCUT2D eigenvalue weighted by atomic mass is 9.62. The van der Waals surface area contributed by atoms with Crippen molar-refractivity contribution in [2.24, 2.45) is 17.3 Å². The molecule has 0 spiro atoms. The van der Waals surface area contributed by atoms with Gasteiger partial charge < -0.3 is 5.11 Å². The van der Waals surface area contributed by atoms with Crippen molar-refractivity contribution >= 4 is 6.08 Å². The van der Waals surface area contributed by atoms with Crippen LogP contribution in [-0.2, 0) is 0 Å². The number of hydrogen-bond acceptors (Lipinski definition) is 1. The van der Waals surface area contributed by atoms with Crippen LogP contribution in [0.5, 0.6) is 5.75 Å². The average Bonchev–Trinajstić information content (AvgIpc) is 2.70. The molecule has 0 aliphatic heterocycles. The van der Waals surface area contributed by atoms with E-state index in [1.165, 1.54) is 5.56 Å². The fourth-order valence-electron chi connectivity index (χ4n) is 5.45. The van der Waals surface area contributed by atoms with Gasteiger partial charge in [0.1, 0.15) is 5.75 Å². The number of rotatable bonds is 0. The highest BCUT2D eigenvalue weighted by atomic mass is 19.3. The summed E-state index contributed by atoms with van der Waals surface area (Å²) in [4.78, 5) is 0. The van der Waals surface area contributed by atoms with E-state index in [9.17, 15) is 13.9 Å². The van der Waals surface area contributed by atoms with E-state index in [1.54, 1.807) is 6.07 Å². The maximum Gasteiger partial charge on any atom is 0.270 e. The lowest BCUT2D eigenvalue weighted by molar-refractivity contribution is 0.152. The molecule has 3 unspecified atom stereocenters. The van der Waals surface area contributed by atoms with Crippen molar-refractivity contribution in [2.75, 3.05) is 0 Å². The summed E-state index contributed by atoms with van der Waals surface area (Å²) in [7, 11) is 0. The van der Waals surface area contributed by atoms with Crippen LogP contribution < -0.4 is 0 Å². The van der Waals surface area contributed by atoms with Gasteiger partial charge in [-0.15, -0.1) is 0 Å². The number of hydrogen-bond donors (Lipinski definition) is 1. The molecule has 2 fully saturated rings. The first-order valence-electron chi connectivity index (χ1n) is 9.05. The molecule has 0 heterocycles. The van der Waals surface area contributed by atoms with Gasteiger partial charge >= 0.3 is 0 Å². The number of benzene rings is 1. The van der Waals surface area contributed by atoms with E-state index < -0.39 is 6.08 Å². The van der Waals surface area contributed by atoms with Crippen molar-refractivity contribution in [3.8, 4) is 5.75 Å². The Morgan fingerprint density at radius 2 is 2.08 bits per heavy atom. The first kappa shape index (κ1) is 15.9. The fraction of sp³-hybridized carbons (Fsp3) is 0.524. The number of aromatic hydroxyl groups is 1. The van der Waals surface area contributed by atoms with Gasteiger partial charge in [0.2, 0.25) is 0 Å². The Bertz CT molecular complexity index is 717. The van der Waals surface area contributed by atoms with Crippen molar-refractivity contribution in [1.82, 2.24) is 0 Å². The number of phenols is 1. The molecule has 3 aliphatic rings. The third-order valence-electron chi connectivity index (χ3n) is 6.84. The van der Waals surface area contributed by atoms with E-state index in [4.69, 9.17) is 0 Å². The Balaban J connectivity index is 1.72. The largest absolute Gasteiger partial charge is 0.508 e. The van der Waals surface area contributed by atoms with Crippen LogP contribution >= 0.6 is 0 Å². The van der Waals surface area contributed by atoms with Gasteiger partial charge in [-0.1, -0.05) is 25.1 Å². The molecule has 128 valence electrons. The van der Waals surface area contributed by atoms with Crippen molar-refractivity contribution in [3.05, 3.63) is 47.1 Å². The second kappa shape index (κ2) is 5.72. The summed E-state index contributed by atoms with van der Waals surface area (Å²) >= 11 is 0. The number of phenolic OH excluding ortho intramolecular Hbond substituents is 1. The zero-order valence-electron chi connectivity index (χ0n) is 14.1. The molecule has 1 nitrogen and oxygen atoms in total. The van der Waals surface area contributed by atoms with E-state index in [2.05, 4.69) is 19.1 Å². The second-order valence-electron chi connectivity index (χ2n) is 7.96. The van der Waals surface area contributed by atoms with E-state index in [1.807, 2.05) is 12.1 Å². The third-order valence-corrected chi connectivity index (χ3v) is 6.84. The maximum absolute atomic E-state index is 13.6. The molecule has 3 heteroatoms. The van der Waals surface area contributed by atoms with Crippen LogP contribution in [0.25, 0.3) is 6.08 Å². The maximum atomic E-state index is 13.6. The van der Waals surface area contributed by atoms with Crippen LogP contribution in [0.4, 0.5) is 8.78 Å². The summed E-state index contributed by atoms with van der Waals surface area (Å²) in [5, 5.41) is 9.72. The van der Waals surface area contributed by atoms with E-state index in [-0.39, 0.29) is 11.2 Å². The van der Waals surface area contributed by atoms with Crippen LogP contribution in [0.3, 0.4) is 0 Å². The van der Waals surface area contributed by atoms with Crippen LogP contribution in [0, 0.1) is 17.3 Å². The Labute approximate surface area is 142 Å². The Morgan fingerprint density at radius 1 is 1.25 bits per heavy atom. The van der Waals surface area contributed by atoms with Crippen LogP contribution in [-0.4, -0.2) is 5.11 Å². The number of halogens is 2. The highest BCUT2D eigenvalue weighted by Crippen LogP contribution is 2.57. The van der Waals surface area contributed by atoms with E-state index in [0.717, 1.165) is 37.7 Å². The smallest absolute Gasteiger partial charge is 0.270 e. The topological polar surface area (TPSA) is 20.2 Å².